The maximum Gasteiger partial charge on any atom is 0.188 e. The highest BCUT2D eigenvalue weighted by Gasteiger charge is 2.34. The summed E-state index contributed by atoms with van der Waals surface area (Å²) in [6.45, 7) is 0. The van der Waals surface area contributed by atoms with Crippen LogP contribution >= 0.6 is 12.2 Å². The van der Waals surface area contributed by atoms with Crippen LogP contribution in [0.1, 0.15) is 6.42 Å². The number of hydrazine groups is 1. The molecule has 0 spiro atoms. The number of hydrogen-bond donors (Lipinski definition) is 1. The molecule has 2 rings (SSSR count). The van der Waals surface area contributed by atoms with E-state index in [9.17, 15) is 12.8 Å². The van der Waals surface area contributed by atoms with Crippen LogP contribution in [0.25, 0.3) is 0 Å². The number of halogens is 1. The highest BCUT2D eigenvalue weighted by Crippen LogP contribution is 2.21. The molecule has 1 fully saturated rings. The van der Waals surface area contributed by atoms with Gasteiger partial charge in [0.15, 0.2) is 14.9 Å². The van der Waals surface area contributed by atoms with Gasteiger partial charge in [0.05, 0.1) is 23.2 Å². The van der Waals surface area contributed by atoms with Crippen molar-refractivity contribution >= 4 is 32.9 Å². The molecule has 1 saturated heterocycles. The first-order valence-electron chi connectivity index (χ1n) is 6.52. The molecule has 0 aliphatic carbocycles. The van der Waals surface area contributed by atoms with Gasteiger partial charge in [0, 0.05) is 14.1 Å². The molecule has 0 radical (unpaired) electrons. The topological polar surface area (TPSA) is 52.6 Å². The number of nitrogens with one attached hydrogen (secondary N) is 1. The number of anilines is 1. The van der Waals surface area contributed by atoms with E-state index in [4.69, 9.17) is 12.2 Å². The van der Waals surface area contributed by atoms with Crippen molar-refractivity contribution in [2.24, 2.45) is 0 Å². The molecule has 0 bridgehead atoms. The molecule has 5 nitrogen and oxygen atoms in total. The molecule has 0 aromatic heterocycles. The largest absolute Gasteiger partial charge is 0.329 e. The van der Waals surface area contributed by atoms with Crippen molar-refractivity contribution in [1.82, 2.24) is 10.0 Å². The van der Waals surface area contributed by atoms with Crippen LogP contribution in [0.4, 0.5) is 10.1 Å². The van der Waals surface area contributed by atoms with Gasteiger partial charge in [-0.2, -0.15) is 0 Å². The maximum absolute atomic E-state index is 13.7. The van der Waals surface area contributed by atoms with E-state index < -0.39 is 15.7 Å². The lowest BCUT2D eigenvalue weighted by Crippen LogP contribution is -2.51. The van der Waals surface area contributed by atoms with Crippen molar-refractivity contribution in [3.8, 4) is 0 Å². The lowest BCUT2D eigenvalue weighted by atomic mass is 10.2. The summed E-state index contributed by atoms with van der Waals surface area (Å²) >= 11 is 5.32. The average molecular weight is 331 g/mol. The highest BCUT2D eigenvalue weighted by atomic mass is 32.2. The Kier molecular flexibility index (Phi) is 4.80. The third-order valence-corrected chi connectivity index (χ3v) is 5.35. The van der Waals surface area contributed by atoms with Crippen LogP contribution in [-0.4, -0.2) is 55.2 Å². The first-order valence-corrected chi connectivity index (χ1v) is 8.75. The molecular weight excluding hydrogens is 313 g/mol. The Hall–Kier alpha value is -1.25. The molecule has 0 unspecified atom stereocenters. The van der Waals surface area contributed by atoms with Crippen molar-refractivity contribution in [1.29, 1.82) is 0 Å². The fourth-order valence-electron chi connectivity index (χ4n) is 2.38. The highest BCUT2D eigenvalue weighted by molar-refractivity contribution is 7.91. The summed E-state index contributed by atoms with van der Waals surface area (Å²) in [5, 5.41) is 6.54. The summed E-state index contributed by atoms with van der Waals surface area (Å²) in [4.78, 5) is 0. The predicted molar refractivity (Wildman–Crippen MR) is 85.2 cm³/mol. The molecule has 1 aromatic rings. The minimum atomic E-state index is -3.02. The van der Waals surface area contributed by atoms with Gasteiger partial charge >= 0.3 is 0 Å². The van der Waals surface area contributed by atoms with Crippen LogP contribution < -0.4 is 5.32 Å². The normalized spacial score (nSPS) is 20.5. The molecule has 0 amide bonds. The quantitative estimate of drug-likeness (QED) is 0.669. The zero-order valence-corrected chi connectivity index (χ0v) is 13.5. The minimum Gasteiger partial charge on any atom is -0.329 e. The smallest absolute Gasteiger partial charge is 0.188 e. The Morgan fingerprint density at radius 1 is 1.38 bits per heavy atom. The molecular formula is C13H18FN3O2S2. The van der Waals surface area contributed by atoms with Gasteiger partial charge in [-0.25, -0.2) is 17.8 Å². The Bertz CT molecular complexity index is 634. The fraction of sp³-hybridized carbons (Fsp3) is 0.462. The lowest BCUT2D eigenvalue weighted by molar-refractivity contribution is 0.0757. The predicted octanol–water partition coefficient (Wildman–Crippen LogP) is 1.49. The molecule has 1 aliphatic heterocycles. The number of rotatable bonds is 3. The summed E-state index contributed by atoms with van der Waals surface area (Å²) in [6.07, 6.45) is 0.513. The van der Waals surface area contributed by atoms with E-state index >= 15 is 0 Å². The van der Waals surface area contributed by atoms with Crippen molar-refractivity contribution in [3.63, 3.8) is 0 Å². The van der Waals surface area contributed by atoms with E-state index in [0.29, 0.717) is 6.42 Å². The van der Waals surface area contributed by atoms with E-state index in [0.717, 1.165) is 0 Å². The molecule has 1 atom stereocenters. The molecule has 21 heavy (non-hydrogen) atoms. The maximum atomic E-state index is 13.7. The monoisotopic (exact) mass is 331 g/mol. The van der Waals surface area contributed by atoms with Gasteiger partial charge in [-0.15, -0.1) is 0 Å². The van der Waals surface area contributed by atoms with Gasteiger partial charge in [-0.1, -0.05) is 12.1 Å². The van der Waals surface area contributed by atoms with E-state index in [1.807, 2.05) is 0 Å². The van der Waals surface area contributed by atoms with Crippen LogP contribution in [0.15, 0.2) is 24.3 Å². The van der Waals surface area contributed by atoms with E-state index in [1.54, 1.807) is 42.3 Å². The number of para-hydroxylation sites is 1. The van der Waals surface area contributed by atoms with Gasteiger partial charge < -0.3 is 5.32 Å². The SMILES string of the molecule is CN(C)N(C(=S)Nc1ccccc1F)[C@H]1CCS(=O)(=O)C1. The molecule has 0 saturated carbocycles. The number of hydrogen-bond acceptors (Lipinski definition) is 4. The summed E-state index contributed by atoms with van der Waals surface area (Å²) in [5.74, 6) is -0.188. The van der Waals surface area contributed by atoms with Gasteiger partial charge in [-0.3, -0.25) is 5.01 Å². The fourth-order valence-corrected chi connectivity index (χ4v) is 4.49. The van der Waals surface area contributed by atoms with Crippen LogP contribution in [0.3, 0.4) is 0 Å². The minimum absolute atomic E-state index is 0.0598. The van der Waals surface area contributed by atoms with Gasteiger partial charge in [0.2, 0.25) is 0 Å². The van der Waals surface area contributed by atoms with Gasteiger partial charge in [-0.05, 0) is 30.8 Å². The standard InChI is InChI=1S/C13H18FN3O2S2/c1-16(2)17(10-7-8-21(18,19)9-10)13(20)15-12-6-4-3-5-11(12)14/h3-6,10H,7-9H2,1-2H3,(H,15,20)/t10-/m0/s1. The Balaban J connectivity index is 2.16. The van der Waals surface area contributed by atoms with Crippen molar-refractivity contribution in [3.05, 3.63) is 30.1 Å². The molecule has 8 heteroatoms. The van der Waals surface area contributed by atoms with Crippen molar-refractivity contribution in [2.75, 3.05) is 30.9 Å². The van der Waals surface area contributed by atoms with Gasteiger partial charge in [0.1, 0.15) is 5.82 Å². The van der Waals surface area contributed by atoms with Crippen molar-refractivity contribution in [2.45, 2.75) is 12.5 Å². The summed E-state index contributed by atoms with van der Waals surface area (Å²) < 4.78 is 36.9. The number of nitrogens with zero attached hydrogens (tertiary/aromatic N) is 2. The molecule has 116 valence electrons. The van der Waals surface area contributed by atoms with Crippen LogP contribution in [0, 0.1) is 5.82 Å². The Labute approximate surface area is 129 Å². The molecule has 1 N–H and O–H groups in total. The first kappa shape index (κ1) is 16.1. The van der Waals surface area contributed by atoms with E-state index in [1.165, 1.54) is 6.07 Å². The third kappa shape index (κ3) is 3.90. The van der Waals surface area contributed by atoms with Crippen LogP contribution in [-0.2, 0) is 9.84 Å². The zero-order chi connectivity index (χ0) is 15.6. The molecule has 1 aliphatic rings. The summed E-state index contributed by atoms with van der Waals surface area (Å²) in [6, 6.07) is 5.99. The second kappa shape index (κ2) is 6.25. The summed E-state index contributed by atoms with van der Waals surface area (Å²) in [7, 11) is 0.538. The van der Waals surface area contributed by atoms with Gasteiger partial charge in [0.25, 0.3) is 0 Å². The second-order valence-corrected chi connectivity index (χ2v) is 7.77. The van der Waals surface area contributed by atoms with Crippen molar-refractivity contribution < 1.29 is 12.8 Å². The van der Waals surface area contributed by atoms with Crippen LogP contribution in [0.2, 0.25) is 0 Å². The summed E-state index contributed by atoms with van der Waals surface area (Å²) in [5.41, 5.74) is 0.273. The lowest BCUT2D eigenvalue weighted by Gasteiger charge is -2.36. The van der Waals surface area contributed by atoms with E-state index in [-0.39, 0.29) is 28.3 Å². The number of thiocarbonyl (C=S) groups is 1. The Morgan fingerprint density at radius 2 is 2.05 bits per heavy atom. The second-order valence-electron chi connectivity index (χ2n) is 5.16. The van der Waals surface area contributed by atoms with Crippen LogP contribution in [0.5, 0.6) is 0 Å². The molecule has 1 heterocycles. The molecule has 1 aromatic carbocycles. The number of benzene rings is 1. The zero-order valence-electron chi connectivity index (χ0n) is 11.9. The van der Waals surface area contributed by atoms with E-state index in [2.05, 4.69) is 5.32 Å². The average Bonchev–Trinajstić information content (AvgIpc) is 2.72. The number of sulfone groups is 1. The third-order valence-electron chi connectivity index (χ3n) is 3.31. The first-order chi connectivity index (χ1) is 9.80. The Morgan fingerprint density at radius 3 is 2.57 bits per heavy atom.